The highest BCUT2D eigenvalue weighted by Crippen LogP contribution is 2.44. The second-order valence-corrected chi connectivity index (χ2v) is 7.19. The van der Waals surface area contributed by atoms with Crippen LogP contribution in [0.1, 0.15) is 43.4 Å². The molecule has 0 radical (unpaired) electrons. The molecular weight excluding hydrogens is 338 g/mol. The van der Waals surface area contributed by atoms with Gasteiger partial charge in [-0.25, -0.2) is 0 Å². The van der Waals surface area contributed by atoms with Crippen LogP contribution in [0.2, 0.25) is 5.02 Å². The van der Waals surface area contributed by atoms with Crippen LogP contribution in [-0.2, 0) is 10.2 Å². The molecule has 0 aromatic heterocycles. The highest BCUT2D eigenvalue weighted by Gasteiger charge is 2.45. The molecule has 1 saturated carbocycles. The SMILES string of the molecule is CC(NC(=O)C1(c2ccc(Cl)cc2)CCC1)c1ccc2c(c1)OCO2. The van der Waals surface area contributed by atoms with E-state index in [1.807, 2.05) is 49.4 Å². The van der Waals surface area contributed by atoms with Crippen molar-refractivity contribution in [3.05, 3.63) is 58.6 Å². The Bertz CT molecular complexity index is 799. The zero-order chi connectivity index (χ0) is 17.4. The summed E-state index contributed by atoms with van der Waals surface area (Å²) in [7, 11) is 0. The van der Waals surface area contributed by atoms with Crippen LogP contribution >= 0.6 is 11.6 Å². The predicted molar refractivity (Wildman–Crippen MR) is 96.1 cm³/mol. The Balaban J connectivity index is 1.53. The minimum Gasteiger partial charge on any atom is -0.454 e. The van der Waals surface area contributed by atoms with Crippen molar-refractivity contribution in [1.82, 2.24) is 5.32 Å². The number of rotatable bonds is 4. The van der Waals surface area contributed by atoms with Gasteiger partial charge in [-0.15, -0.1) is 0 Å². The van der Waals surface area contributed by atoms with E-state index >= 15 is 0 Å². The summed E-state index contributed by atoms with van der Waals surface area (Å²) >= 11 is 5.99. The number of fused-ring (bicyclic) bond motifs is 1. The van der Waals surface area contributed by atoms with Gasteiger partial charge in [0, 0.05) is 5.02 Å². The van der Waals surface area contributed by atoms with Crippen LogP contribution in [0.5, 0.6) is 11.5 Å². The molecule has 2 aromatic carbocycles. The van der Waals surface area contributed by atoms with Gasteiger partial charge in [0.1, 0.15) is 0 Å². The molecular formula is C20H20ClNO3. The highest BCUT2D eigenvalue weighted by atomic mass is 35.5. The van der Waals surface area contributed by atoms with E-state index in [2.05, 4.69) is 5.32 Å². The van der Waals surface area contributed by atoms with Crippen molar-refractivity contribution in [2.45, 2.75) is 37.6 Å². The second kappa shape index (κ2) is 6.26. The van der Waals surface area contributed by atoms with Crippen molar-refractivity contribution >= 4 is 17.5 Å². The first-order valence-electron chi connectivity index (χ1n) is 8.55. The summed E-state index contributed by atoms with van der Waals surface area (Å²) < 4.78 is 10.8. The number of hydrogen-bond acceptors (Lipinski definition) is 3. The van der Waals surface area contributed by atoms with E-state index in [1.54, 1.807) is 0 Å². The summed E-state index contributed by atoms with van der Waals surface area (Å²) in [5.41, 5.74) is 1.61. The molecule has 1 fully saturated rings. The first kappa shape index (κ1) is 16.3. The summed E-state index contributed by atoms with van der Waals surface area (Å²) in [6.07, 6.45) is 2.80. The summed E-state index contributed by atoms with van der Waals surface area (Å²) in [5.74, 6) is 1.56. The minimum atomic E-state index is -0.435. The molecule has 1 amide bonds. The van der Waals surface area contributed by atoms with E-state index in [4.69, 9.17) is 21.1 Å². The first-order chi connectivity index (χ1) is 12.1. The van der Waals surface area contributed by atoms with Crippen molar-refractivity contribution in [3.63, 3.8) is 0 Å². The van der Waals surface area contributed by atoms with Gasteiger partial charge < -0.3 is 14.8 Å². The third-order valence-corrected chi connectivity index (χ3v) is 5.53. The summed E-state index contributed by atoms with van der Waals surface area (Å²) in [4.78, 5) is 13.1. The zero-order valence-corrected chi connectivity index (χ0v) is 14.8. The number of hydrogen-bond donors (Lipinski definition) is 1. The van der Waals surface area contributed by atoms with Crippen LogP contribution in [0, 0.1) is 0 Å². The number of halogens is 1. The fraction of sp³-hybridized carbons (Fsp3) is 0.350. The largest absolute Gasteiger partial charge is 0.454 e. The number of benzene rings is 2. The molecule has 0 bridgehead atoms. The van der Waals surface area contributed by atoms with Gasteiger partial charge in [0.15, 0.2) is 11.5 Å². The first-order valence-corrected chi connectivity index (χ1v) is 8.93. The normalized spacial score (nSPS) is 18.3. The lowest BCUT2D eigenvalue weighted by molar-refractivity contribution is -0.130. The molecule has 4 rings (SSSR count). The summed E-state index contributed by atoms with van der Waals surface area (Å²) in [6, 6.07) is 13.3. The summed E-state index contributed by atoms with van der Waals surface area (Å²) in [5, 5.41) is 3.86. The molecule has 1 atom stereocenters. The highest BCUT2D eigenvalue weighted by molar-refractivity contribution is 6.30. The molecule has 1 N–H and O–H groups in total. The Morgan fingerprint density at radius 2 is 1.84 bits per heavy atom. The second-order valence-electron chi connectivity index (χ2n) is 6.75. The molecule has 5 heteroatoms. The lowest BCUT2D eigenvalue weighted by Gasteiger charge is -2.41. The Morgan fingerprint density at radius 3 is 2.52 bits per heavy atom. The topological polar surface area (TPSA) is 47.6 Å². The molecule has 0 saturated heterocycles. The van der Waals surface area contributed by atoms with Crippen LogP contribution in [-0.4, -0.2) is 12.7 Å². The number of carbonyl (C=O) groups is 1. The van der Waals surface area contributed by atoms with E-state index < -0.39 is 5.41 Å². The Hall–Kier alpha value is -2.20. The third-order valence-electron chi connectivity index (χ3n) is 5.28. The zero-order valence-electron chi connectivity index (χ0n) is 14.0. The molecule has 2 aromatic rings. The van der Waals surface area contributed by atoms with Gasteiger partial charge in [-0.05, 0) is 55.2 Å². The van der Waals surface area contributed by atoms with Crippen molar-refractivity contribution in [2.75, 3.05) is 6.79 Å². The molecule has 1 aliphatic heterocycles. The molecule has 1 aliphatic carbocycles. The molecule has 2 aliphatic rings. The number of ether oxygens (including phenoxy) is 2. The molecule has 0 spiro atoms. The monoisotopic (exact) mass is 357 g/mol. The molecule has 1 heterocycles. The molecule has 25 heavy (non-hydrogen) atoms. The smallest absolute Gasteiger partial charge is 0.231 e. The average Bonchev–Trinajstić information content (AvgIpc) is 3.03. The van der Waals surface area contributed by atoms with Crippen molar-refractivity contribution in [1.29, 1.82) is 0 Å². The van der Waals surface area contributed by atoms with E-state index in [9.17, 15) is 4.79 Å². The van der Waals surface area contributed by atoms with E-state index in [0.29, 0.717) is 5.02 Å². The minimum absolute atomic E-state index is 0.0752. The molecule has 1 unspecified atom stereocenters. The van der Waals surface area contributed by atoms with Gasteiger partial charge in [0.2, 0.25) is 12.7 Å². The van der Waals surface area contributed by atoms with Crippen LogP contribution in [0.25, 0.3) is 0 Å². The Kier molecular flexibility index (Phi) is 4.08. The maximum absolute atomic E-state index is 13.1. The van der Waals surface area contributed by atoms with Gasteiger partial charge in [-0.3, -0.25) is 4.79 Å². The lowest BCUT2D eigenvalue weighted by Crippen LogP contribution is -2.49. The standard InChI is InChI=1S/C20H20ClNO3/c1-13(14-3-8-17-18(11-14)25-12-24-17)22-19(23)20(9-2-10-20)15-4-6-16(21)7-5-15/h3-8,11,13H,2,9-10,12H2,1H3,(H,22,23). The quantitative estimate of drug-likeness (QED) is 0.884. The molecule has 4 nitrogen and oxygen atoms in total. The van der Waals surface area contributed by atoms with E-state index in [0.717, 1.165) is 41.9 Å². The van der Waals surface area contributed by atoms with Crippen molar-refractivity contribution in [2.24, 2.45) is 0 Å². The average molecular weight is 358 g/mol. The van der Waals surface area contributed by atoms with Gasteiger partial charge in [-0.2, -0.15) is 0 Å². The van der Waals surface area contributed by atoms with E-state index in [-0.39, 0.29) is 18.7 Å². The Morgan fingerprint density at radius 1 is 1.12 bits per heavy atom. The molecule has 130 valence electrons. The number of carbonyl (C=O) groups excluding carboxylic acids is 1. The fourth-order valence-electron chi connectivity index (χ4n) is 3.55. The van der Waals surface area contributed by atoms with Gasteiger partial charge in [-0.1, -0.05) is 36.2 Å². The van der Waals surface area contributed by atoms with E-state index in [1.165, 1.54) is 0 Å². The maximum Gasteiger partial charge on any atom is 0.231 e. The van der Waals surface area contributed by atoms with Crippen molar-refractivity contribution < 1.29 is 14.3 Å². The number of nitrogens with one attached hydrogen (secondary N) is 1. The van der Waals surface area contributed by atoms with Crippen LogP contribution < -0.4 is 14.8 Å². The van der Waals surface area contributed by atoms with Crippen molar-refractivity contribution in [3.8, 4) is 11.5 Å². The summed E-state index contributed by atoms with van der Waals surface area (Å²) in [6.45, 7) is 2.24. The van der Waals surface area contributed by atoms with Gasteiger partial charge in [0.25, 0.3) is 0 Å². The predicted octanol–water partition coefficient (Wildman–Crippen LogP) is 4.37. The maximum atomic E-state index is 13.1. The van der Waals surface area contributed by atoms with Crippen LogP contribution in [0.3, 0.4) is 0 Å². The number of amides is 1. The van der Waals surface area contributed by atoms with Crippen LogP contribution in [0.15, 0.2) is 42.5 Å². The lowest BCUT2D eigenvalue weighted by atomic mass is 9.63. The Labute approximate surface area is 152 Å². The van der Waals surface area contributed by atoms with Crippen LogP contribution in [0.4, 0.5) is 0 Å². The van der Waals surface area contributed by atoms with Gasteiger partial charge in [0.05, 0.1) is 11.5 Å². The fourth-order valence-corrected chi connectivity index (χ4v) is 3.67. The third kappa shape index (κ3) is 2.85. The van der Waals surface area contributed by atoms with Gasteiger partial charge >= 0.3 is 0 Å².